The molecule has 0 saturated heterocycles. The molecule has 0 fully saturated rings. The molecule has 4 rings (SSSR count). The number of halogens is 1. The van der Waals surface area contributed by atoms with Crippen molar-refractivity contribution in [1.82, 2.24) is 20.2 Å². The molecule has 2 aromatic carbocycles. The van der Waals surface area contributed by atoms with Gasteiger partial charge < -0.3 is 10.2 Å². The number of benzene rings is 2. The normalized spacial score (nSPS) is 11.2. The zero-order valence-corrected chi connectivity index (χ0v) is 15.2. The number of nitrogens with two attached hydrogens (primary N) is 1. The van der Waals surface area contributed by atoms with Gasteiger partial charge in [0, 0.05) is 11.1 Å². The molecule has 9 heteroatoms. The Kier molecular flexibility index (Phi) is 5.07. The third kappa shape index (κ3) is 4.04. The Bertz CT molecular complexity index is 1110. The second kappa shape index (κ2) is 7.97. The summed E-state index contributed by atoms with van der Waals surface area (Å²) in [5.41, 5.74) is 7.48. The summed E-state index contributed by atoms with van der Waals surface area (Å²) in [6.07, 6.45) is 1.11. The van der Waals surface area contributed by atoms with Gasteiger partial charge >= 0.3 is 0 Å². The first kappa shape index (κ1) is 17.8. The average molecular weight is 392 g/mol. The van der Waals surface area contributed by atoms with Crippen molar-refractivity contribution in [3.63, 3.8) is 0 Å². The highest BCUT2D eigenvalue weighted by atomic mass is 32.2. The van der Waals surface area contributed by atoms with Crippen LogP contribution in [-0.2, 0) is 0 Å². The highest BCUT2D eigenvalue weighted by Crippen LogP contribution is 2.31. The molecule has 0 spiro atoms. The van der Waals surface area contributed by atoms with Gasteiger partial charge in [-0.05, 0) is 54.2 Å². The molecule has 138 valence electrons. The molecule has 0 saturated carbocycles. The Morgan fingerprint density at radius 2 is 1.75 bits per heavy atom. The van der Waals surface area contributed by atoms with Crippen molar-refractivity contribution in [2.45, 2.75) is 10.2 Å². The lowest BCUT2D eigenvalue weighted by atomic mass is 10.1. The zero-order valence-electron chi connectivity index (χ0n) is 14.4. The van der Waals surface area contributed by atoms with E-state index in [1.807, 2.05) is 30.3 Å². The predicted molar refractivity (Wildman–Crippen MR) is 104 cm³/mol. The minimum Gasteiger partial charge on any atom is -0.411 e. The molecule has 0 bridgehead atoms. The second-order valence-electron chi connectivity index (χ2n) is 5.52. The molecule has 7 nitrogen and oxygen atoms in total. The average Bonchev–Trinajstić information content (AvgIpc) is 3.18. The second-order valence-corrected chi connectivity index (χ2v) is 6.49. The molecule has 0 aliphatic carbocycles. The van der Waals surface area contributed by atoms with Gasteiger partial charge in [-0.2, -0.15) is 0 Å². The van der Waals surface area contributed by atoms with Crippen LogP contribution in [0.25, 0.3) is 22.7 Å². The van der Waals surface area contributed by atoms with E-state index in [4.69, 9.17) is 10.2 Å². The summed E-state index contributed by atoms with van der Waals surface area (Å²) in [5.74, 6) is 0.262. The Balaban J connectivity index is 1.66. The summed E-state index contributed by atoms with van der Waals surface area (Å²) in [6.45, 7) is 0. The molecule has 0 atom stereocenters. The minimum atomic E-state index is -0.327. The van der Waals surface area contributed by atoms with Gasteiger partial charge in [-0.25, -0.2) is 19.4 Å². The number of hydrogen-bond acceptors (Lipinski definition) is 7. The van der Waals surface area contributed by atoms with Crippen LogP contribution in [0.5, 0.6) is 0 Å². The fourth-order valence-electron chi connectivity index (χ4n) is 2.40. The maximum Gasteiger partial charge on any atom is 0.283 e. The van der Waals surface area contributed by atoms with Crippen LogP contribution in [0.3, 0.4) is 0 Å². The van der Waals surface area contributed by atoms with E-state index < -0.39 is 0 Å². The zero-order chi connectivity index (χ0) is 19.3. The van der Waals surface area contributed by atoms with E-state index in [0.717, 1.165) is 17.5 Å². The molecular formula is C19H13FN6OS. The molecule has 28 heavy (non-hydrogen) atoms. The van der Waals surface area contributed by atoms with E-state index in [1.165, 1.54) is 23.9 Å². The Labute approximate surface area is 163 Å². The number of aliphatic imine (C=N–C) groups is 1. The third-order valence-electron chi connectivity index (χ3n) is 3.64. The molecule has 2 heterocycles. The maximum absolute atomic E-state index is 13.2. The van der Waals surface area contributed by atoms with Gasteiger partial charge in [0.25, 0.3) is 11.2 Å². The largest absolute Gasteiger partial charge is 0.411 e. The number of rotatable bonds is 5. The van der Waals surface area contributed by atoms with Crippen LogP contribution < -0.4 is 5.73 Å². The van der Waals surface area contributed by atoms with Gasteiger partial charge in [0.2, 0.25) is 5.89 Å². The van der Waals surface area contributed by atoms with Crippen molar-refractivity contribution >= 4 is 24.0 Å². The van der Waals surface area contributed by atoms with E-state index in [0.29, 0.717) is 21.8 Å². The first-order valence-corrected chi connectivity index (χ1v) is 8.99. The summed E-state index contributed by atoms with van der Waals surface area (Å²) >= 11 is 1.17. The fourth-order valence-corrected chi connectivity index (χ4v) is 3.07. The van der Waals surface area contributed by atoms with Crippen molar-refractivity contribution in [1.29, 1.82) is 0 Å². The first-order chi connectivity index (χ1) is 13.7. The van der Waals surface area contributed by atoms with Crippen LogP contribution >= 0.6 is 11.8 Å². The lowest BCUT2D eigenvalue weighted by Gasteiger charge is -2.04. The van der Waals surface area contributed by atoms with E-state index in [9.17, 15) is 4.39 Å². The van der Waals surface area contributed by atoms with E-state index in [1.54, 1.807) is 18.2 Å². The summed E-state index contributed by atoms with van der Waals surface area (Å²) in [5, 5.41) is 8.97. The van der Waals surface area contributed by atoms with Crippen LogP contribution in [0.2, 0.25) is 0 Å². The fraction of sp³-hybridized carbons (Fsp3) is 0. The highest BCUT2D eigenvalue weighted by Gasteiger charge is 2.13. The van der Waals surface area contributed by atoms with E-state index in [2.05, 4.69) is 25.2 Å². The van der Waals surface area contributed by atoms with Gasteiger partial charge in [0.1, 0.15) is 10.8 Å². The molecule has 4 aromatic rings. The van der Waals surface area contributed by atoms with Crippen molar-refractivity contribution in [2.24, 2.45) is 10.7 Å². The first-order valence-electron chi connectivity index (χ1n) is 8.17. The summed E-state index contributed by atoms with van der Waals surface area (Å²) in [7, 11) is 0. The SMILES string of the molecule is N/C=N\c1nc(Sc2nnc(-c3ccccc3)o2)cc(-c2ccc(F)cc2)n1. The summed E-state index contributed by atoms with van der Waals surface area (Å²) in [6, 6.07) is 17.2. The summed E-state index contributed by atoms with van der Waals surface area (Å²) in [4.78, 5) is 12.6. The molecule has 0 aliphatic rings. The maximum atomic E-state index is 13.2. The van der Waals surface area contributed by atoms with Gasteiger partial charge in [-0.15, -0.1) is 10.2 Å². The summed E-state index contributed by atoms with van der Waals surface area (Å²) < 4.78 is 18.9. The topological polar surface area (TPSA) is 103 Å². The highest BCUT2D eigenvalue weighted by molar-refractivity contribution is 7.99. The van der Waals surface area contributed by atoms with Crippen molar-refractivity contribution in [2.75, 3.05) is 0 Å². The van der Waals surface area contributed by atoms with Gasteiger partial charge in [0.15, 0.2) is 0 Å². The van der Waals surface area contributed by atoms with Crippen molar-refractivity contribution in [3.8, 4) is 22.7 Å². The standard InChI is InChI=1S/C19H13FN6OS/c20-14-8-6-12(7-9-14)15-10-16(24-18(23-15)22-11-21)28-19-26-25-17(27-19)13-4-2-1-3-5-13/h1-11H,(H2,21,22,23,24). The van der Waals surface area contributed by atoms with E-state index in [-0.39, 0.29) is 11.8 Å². The van der Waals surface area contributed by atoms with Crippen molar-refractivity contribution in [3.05, 3.63) is 66.5 Å². The Morgan fingerprint density at radius 1 is 0.964 bits per heavy atom. The van der Waals surface area contributed by atoms with Crippen LogP contribution in [0.15, 0.2) is 80.3 Å². The molecule has 0 radical (unpaired) electrons. The molecule has 0 unspecified atom stereocenters. The third-order valence-corrected chi connectivity index (χ3v) is 4.40. The number of aromatic nitrogens is 4. The van der Waals surface area contributed by atoms with Gasteiger partial charge in [-0.3, -0.25) is 0 Å². The van der Waals surface area contributed by atoms with Gasteiger partial charge in [-0.1, -0.05) is 18.2 Å². The van der Waals surface area contributed by atoms with Gasteiger partial charge in [0.05, 0.1) is 12.0 Å². The van der Waals surface area contributed by atoms with Crippen LogP contribution in [0.4, 0.5) is 10.3 Å². The monoisotopic (exact) mass is 392 g/mol. The molecular weight excluding hydrogens is 379 g/mol. The van der Waals surface area contributed by atoms with Crippen LogP contribution in [0, 0.1) is 5.82 Å². The van der Waals surface area contributed by atoms with Crippen LogP contribution in [-0.4, -0.2) is 26.5 Å². The lowest BCUT2D eigenvalue weighted by Crippen LogP contribution is -1.93. The Morgan fingerprint density at radius 3 is 2.50 bits per heavy atom. The molecule has 2 aromatic heterocycles. The van der Waals surface area contributed by atoms with Crippen LogP contribution in [0.1, 0.15) is 0 Å². The number of hydrogen-bond donors (Lipinski definition) is 1. The van der Waals surface area contributed by atoms with E-state index >= 15 is 0 Å². The molecule has 2 N–H and O–H groups in total. The number of nitrogens with zero attached hydrogens (tertiary/aromatic N) is 5. The van der Waals surface area contributed by atoms with Crippen molar-refractivity contribution < 1.29 is 8.81 Å². The lowest BCUT2D eigenvalue weighted by molar-refractivity contribution is 0.465. The molecule has 0 aliphatic heterocycles. The Hall–Kier alpha value is -3.59. The molecule has 0 amide bonds. The quantitative estimate of drug-likeness (QED) is 0.310. The minimum absolute atomic E-state index is 0.176. The smallest absolute Gasteiger partial charge is 0.283 e. The predicted octanol–water partition coefficient (Wildman–Crippen LogP) is 4.10.